The monoisotopic (exact) mass is 260 g/mol. The van der Waals surface area contributed by atoms with E-state index in [1.807, 2.05) is 12.1 Å². The number of benzene rings is 1. The van der Waals surface area contributed by atoms with E-state index in [2.05, 4.69) is 16.3 Å². The highest BCUT2D eigenvalue weighted by Crippen LogP contribution is 2.33. The minimum atomic E-state index is 0.184. The summed E-state index contributed by atoms with van der Waals surface area (Å²) >= 11 is 0. The standard InChI is InChI=1S/C15H20N2O2/c1-19-8-7-17-9-12-3-2-4-14(13(12)10-17)16-15(18)11-5-6-11/h2-4,11H,5-10H2,1H3,(H,16,18). The third-order valence-corrected chi connectivity index (χ3v) is 3.87. The van der Waals surface area contributed by atoms with Crippen molar-refractivity contribution in [3.05, 3.63) is 29.3 Å². The molecular weight excluding hydrogens is 240 g/mol. The van der Waals surface area contributed by atoms with Crippen molar-refractivity contribution < 1.29 is 9.53 Å². The molecule has 0 unspecified atom stereocenters. The van der Waals surface area contributed by atoms with Crippen LogP contribution >= 0.6 is 0 Å². The highest BCUT2D eigenvalue weighted by Gasteiger charge is 2.30. The summed E-state index contributed by atoms with van der Waals surface area (Å²) in [5.41, 5.74) is 3.59. The van der Waals surface area contributed by atoms with Crippen molar-refractivity contribution in [2.75, 3.05) is 25.6 Å². The fourth-order valence-corrected chi connectivity index (χ4v) is 2.57. The molecule has 1 saturated carbocycles. The number of amides is 1. The van der Waals surface area contributed by atoms with Crippen molar-refractivity contribution in [3.63, 3.8) is 0 Å². The predicted octanol–water partition coefficient (Wildman–Crippen LogP) is 2.00. The van der Waals surface area contributed by atoms with Gasteiger partial charge in [0.25, 0.3) is 0 Å². The van der Waals surface area contributed by atoms with E-state index in [4.69, 9.17) is 4.74 Å². The number of ether oxygens (including phenoxy) is 1. The number of carbonyl (C=O) groups excluding carboxylic acids is 1. The van der Waals surface area contributed by atoms with E-state index < -0.39 is 0 Å². The number of anilines is 1. The third-order valence-electron chi connectivity index (χ3n) is 3.87. The zero-order valence-corrected chi connectivity index (χ0v) is 11.3. The first-order valence-electron chi connectivity index (χ1n) is 6.91. The van der Waals surface area contributed by atoms with Gasteiger partial charge in [-0.25, -0.2) is 0 Å². The molecule has 0 saturated heterocycles. The van der Waals surface area contributed by atoms with Gasteiger partial charge in [0.1, 0.15) is 0 Å². The Morgan fingerprint density at radius 1 is 1.42 bits per heavy atom. The van der Waals surface area contributed by atoms with E-state index >= 15 is 0 Å². The van der Waals surface area contributed by atoms with Gasteiger partial charge in [0.15, 0.2) is 0 Å². The Morgan fingerprint density at radius 3 is 3.00 bits per heavy atom. The van der Waals surface area contributed by atoms with Crippen LogP contribution in [0.3, 0.4) is 0 Å². The van der Waals surface area contributed by atoms with Crippen LogP contribution in [0.5, 0.6) is 0 Å². The van der Waals surface area contributed by atoms with Crippen molar-refractivity contribution in [2.24, 2.45) is 5.92 Å². The Labute approximate surface area is 113 Å². The van der Waals surface area contributed by atoms with Crippen molar-refractivity contribution in [1.29, 1.82) is 0 Å². The Hall–Kier alpha value is -1.39. The van der Waals surface area contributed by atoms with Gasteiger partial charge in [-0.15, -0.1) is 0 Å². The molecule has 3 rings (SSSR count). The van der Waals surface area contributed by atoms with Gasteiger partial charge in [-0.05, 0) is 30.0 Å². The summed E-state index contributed by atoms with van der Waals surface area (Å²) in [5.74, 6) is 0.436. The van der Waals surface area contributed by atoms with E-state index in [1.54, 1.807) is 7.11 Å². The normalized spacial score (nSPS) is 18.4. The van der Waals surface area contributed by atoms with Gasteiger partial charge in [0.05, 0.1) is 6.61 Å². The quantitative estimate of drug-likeness (QED) is 0.880. The Morgan fingerprint density at radius 2 is 2.26 bits per heavy atom. The van der Waals surface area contributed by atoms with Crippen molar-refractivity contribution >= 4 is 11.6 Å². The lowest BCUT2D eigenvalue weighted by Crippen LogP contribution is -2.21. The van der Waals surface area contributed by atoms with Crippen LogP contribution in [0.15, 0.2) is 18.2 Å². The highest BCUT2D eigenvalue weighted by atomic mass is 16.5. The summed E-state index contributed by atoms with van der Waals surface area (Å²) in [5, 5.41) is 3.08. The molecule has 0 spiro atoms. The maximum Gasteiger partial charge on any atom is 0.227 e. The van der Waals surface area contributed by atoms with E-state index in [1.165, 1.54) is 11.1 Å². The van der Waals surface area contributed by atoms with Gasteiger partial charge < -0.3 is 10.1 Å². The molecule has 1 aromatic carbocycles. The molecule has 4 nitrogen and oxygen atoms in total. The largest absolute Gasteiger partial charge is 0.383 e. The first-order chi connectivity index (χ1) is 9.28. The Balaban J connectivity index is 1.70. The predicted molar refractivity (Wildman–Crippen MR) is 73.8 cm³/mol. The van der Waals surface area contributed by atoms with E-state index in [-0.39, 0.29) is 11.8 Å². The molecule has 1 fully saturated rings. The van der Waals surface area contributed by atoms with Gasteiger partial charge in [-0.2, -0.15) is 0 Å². The van der Waals surface area contributed by atoms with Crippen molar-refractivity contribution in [3.8, 4) is 0 Å². The van der Waals surface area contributed by atoms with Gasteiger partial charge >= 0.3 is 0 Å². The maximum atomic E-state index is 11.9. The van der Waals surface area contributed by atoms with Crippen LogP contribution in [0.25, 0.3) is 0 Å². The summed E-state index contributed by atoms with van der Waals surface area (Å²) in [7, 11) is 1.73. The molecule has 0 aromatic heterocycles. The molecule has 1 aromatic rings. The molecule has 0 atom stereocenters. The second-order valence-electron chi connectivity index (χ2n) is 5.41. The molecule has 1 heterocycles. The average Bonchev–Trinajstić information content (AvgIpc) is 3.17. The SMILES string of the molecule is COCCN1Cc2cccc(NC(=O)C3CC3)c2C1. The number of hydrogen-bond donors (Lipinski definition) is 1. The lowest BCUT2D eigenvalue weighted by molar-refractivity contribution is -0.117. The molecule has 1 amide bonds. The molecule has 2 aliphatic rings. The molecule has 0 radical (unpaired) electrons. The van der Waals surface area contributed by atoms with Crippen molar-refractivity contribution in [2.45, 2.75) is 25.9 Å². The van der Waals surface area contributed by atoms with Crippen LogP contribution in [-0.2, 0) is 22.6 Å². The van der Waals surface area contributed by atoms with Crippen molar-refractivity contribution in [1.82, 2.24) is 4.90 Å². The molecule has 1 aliphatic heterocycles. The lowest BCUT2D eigenvalue weighted by atomic mass is 10.1. The second kappa shape index (κ2) is 5.31. The fraction of sp³-hybridized carbons (Fsp3) is 0.533. The number of fused-ring (bicyclic) bond motifs is 1. The lowest BCUT2D eigenvalue weighted by Gasteiger charge is -2.14. The molecular formula is C15H20N2O2. The van der Waals surface area contributed by atoms with E-state index in [0.29, 0.717) is 0 Å². The zero-order chi connectivity index (χ0) is 13.2. The first kappa shape index (κ1) is 12.6. The van der Waals surface area contributed by atoms with Crippen LogP contribution in [0.1, 0.15) is 24.0 Å². The van der Waals surface area contributed by atoms with Gasteiger partial charge in [-0.3, -0.25) is 9.69 Å². The topological polar surface area (TPSA) is 41.6 Å². The minimum Gasteiger partial charge on any atom is -0.383 e. The summed E-state index contributed by atoms with van der Waals surface area (Å²) < 4.78 is 5.13. The van der Waals surface area contributed by atoms with Crippen LogP contribution in [0.4, 0.5) is 5.69 Å². The number of carbonyl (C=O) groups is 1. The molecule has 102 valence electrons. The Kier molecular flexibility index (Phi) is 3.53. The fourth-order valence-electron chi connectivity index (χ4n) is 2.57. The summed E-state index contributed by atoms with van der Waals surface area (Å²) in [6.07, 6.45) is 2.08. The Bertz CT molecular complexity index is 483. The van der Waals surface area contributed by atoms with Crippen LogP contribution < -0.4 is 5.32 Å². The van der Waals surface area contributed by atoms with Crippen LogP contribution in [0.2, 0.25) is 0 Å². The molecule has 0 bridgehead atoms. The second-order valence-corrected chi connectivity index (χ2v) is 5.41. The van der Waals surface area contributed by atoms with Crippen LogP contribution in [-0.4, -0.2) is 31.1 Å². The van der Waals surface area contributed by atoms with Gasteiger partial charge in [-0.1, -0.05) is 12.1 Å². The highest BCUT2D eigenvalue weighted by molar-refractivity contribution is 5.94. The summed E-state index contributed by atoms with van der Waals surface area (Å²) in [6.45, 7) is 3.53. The minimum absolute atomic E-state index is 0.184. The number of methoxy groups -OCH3 is 1. The molecule has 4 heteroatoms. The zero-order valence-electron chi connectivity index (χ0n) is 11.3. The number of nitrogens with zero attached hydrogens (tertiary/aromatic N) is 1. The van der Waals surface area contributed by atoms with Crippen LogP contribution in [0, 0.1) is 5.92 Å². The maximum absolute atomic E-state index is 11.9. The van der Waals surface area contributed by atoms with E-state index in [0.717, 1.165) is 44.8 Å². The molecule has 19 heavy (non-hydrogen) atoms. The average molecular weight is 260 g/mol. The van der Waals surface area contributed by atoms with Gasteiger partial charge in [0, 0.05) is 38.3 Å². The number of nitrogens with one attached hydrogen (secondary N) is 1. The summed E-state index contributed by atoms with van der Waals surface area (Å²) in [6, 6.07) is 6.19. The van der Waals surface area contributed by atoms with E-state index in [9.17, 15) is 4.79 Å². The third kappa shape index (κ3) is 2.80. The smallest absolute Gasteiger partial charge is 0.227 e. The first-order valence-corrected chi connectivity index (χ1v) is 6.91. The number of hydrogen-bond acceptors (Lipinski definition) is 3. The molecule has 1 N–H and O–H groups in total. The number of rotatable bonds is 5. The molecule has 1 aliphatic carbocycles. The summed E-state index contributed by atoms with van der Waals surface area (Å²) in [4.78, 5) is 14.2. The van der Waals surface area contributed by atoms with Gasteiger partial charge in [0.2, 0.25) is 5.91 Å².